The fourth-order valence-corrected chi connectivity index (χ4v) is 1.64. The van der Waals surface area contributed by atoms with Crippen LogP contribution in [0.3, 0.4) is 0 Å². The highest BCUT2D eigenvalue weighted by Crippen LogP contribution is 2.17. The topological polar surface area (TPSA) is 12.4 Å². The number of hydrogen-bond donors (Lipinski definition) is 0. The summed E-state index contributed by atoms with van der Waals surface area (Å²) in [4.78, 5) is 4.27. The molecular weight excluding hydrogens is 249 g/mol. The molecule has 1 nitrogen and oxygen atoms in total. The number of rotatable bonds is 3. The maximum atomic E-state index is 13.1. The van der Waals surface area contributed by atoms with Crippen molar-refractivity contribution in [2.24, 2.45) is 4.99 Å². The summed E-state index contributed by atoms with van der Waals surface area (Å²) in [6, 6.07) is 11.6. The molecule has 2 rings (SSSR count). The minimum atomic E-state index is -0.293. The highest BCUT2D eigenvalue weighted by molar-refractivity contribution is 6.30. The van der Waals surface area contributed by atoms with E-state index in [1.54, 1.807) is 42.6 Å². The second kappa shape index (κ2) is 5.61. The first-order valence-electron chi connectivity index (χ1n) is 5.40. The van der Waals surface area contributed by atoms with Gasteiger partial charge in [-0.15, -0.1) is 0 Å². The number of benzene rings is 2. The van der Waals surface area contributed by atoms with E-state index in [4.69, 9.17) is 11.6 Å². The van der Waals surface area contributed by atoms with Crippen LogP contribution in [0, 0.1) is 5.82 Å². The zero-order valence-corrected chi connectivity index (χ0v) is 10.4. The zero-order chi connectivity index (χ0) is 13.0. The molecule has 90 valence electrons. The minimum Gasteiger partial charge on any atom is -0.256 e. The fraction of sp³-hybridized carbons (Fsp3) is 0. The molecule has 2 aromatic carbocycles. The van der Waals surface area contributed by atoms with Crippen molar-refractivity contribution in [3.05, 3.63) is 71.0 Å². The van der Waals surface area contributed by atoms with Gasteiger partial charge >= 0.3 is 0 Å². The molecule has 0 heterocycles. The highest BCUT2D eigenvalue weighted by Gasteiger charge is 1.98. The summed E-state index contributed by atoms with van der Waals surface area (Å²) in [6.07, 6.45) is 3.28. The number of aliphatic imine (C=N–C) groups is 1. The van der Waals surface area contributed by atoms with Crippen molar-refractivity contribution in [1.29, 1.82) is 0 Å². The number of halogens is 2. The Balaban J connectivity index is 2.30. The van der Waals surface area contributed by atoms with Crippen molar-refractivity contribution in [2.45, 2.75) is 0 Å². The van der Waals surface area contributed by atoms with Gasteiger partial charge in [0.2, 0.25) is 0 Å². The van der Waals surface area contributed by atoms with Crippen LogP contribution in [0.4, 0.5) is 10.1 Å². The van der Waals surface area contributed by atoms with Crippen LogP contribution >= 0.6 is 11.6 Å². The molecule has 0 aliphatic heterocycles. The molecule has 0 N–H and O–H groups in total. The summed E-state index contributed by atoms with van der Waals surface area (Å²) in [6.45, 7) is 3.69. The predicted octanol–water partition coefficient (Wildman–Crippen LogP) is 4.87. The second-order valence-corrected chi connectivity index (χ2v) is 4.15. The SMILES string of the molecule is C=Cc1ccc(F)cc1C=Nc1ccc(Cl)cc1. The van der Waals surface area contributed by atoms with Gasteiger partial charge in [0.1, 0.15) is 5.82 Å². The quantitative estimate of drug-likeness (QED) is 0.697. The Morgan fingerprint density at radius 3 is 2.44 bits per heavy atom. The van der Waals surface area contributed by atoms with Gasteiger partial charge in [-0.3, -0.25) is 4.99 Å². The Morgan fingerprint density at radius 2 is 1.78 bits per heavy atom. The van der Waals surface area contributed by atoms with Gasteiger partial charge in [-0.2, -0.15) is 0 Å². The molecule has 0 bridgehead atoms. The average molecular weight is 260 g/mol. The van der Waals surface area contributed by atoms with Crippen LogP contribution in [0.5, 0.6) is 0 Å². The van der Waals surface area contributed by atoms with Gasteiger partial charge < -0.3 is 0 Å². The largest absolute Gasteiger partial charge is 0.256 e. The number of hydrogen-bond acceptors (Lipinski definition) is 1. The third-order valence-corrected chi connectivity index (χ3v) is 2.70. The van der Waals surface area contributed by atoms with Crippen molar-refractivity contribution in [1.82, 2.24) is 0 Å². The molecular formula is C15H11ClFN. The van der Waals surface area contributed by atoms with Crippen LogP contribution in [-0.4, -0.2) is 6.21 Å². The molecule has 0 fully saturated rings. The maximum absolute atomic E-state index is 13.1. The molecule has 0 saturated carbocycles. The summed E-state index contributed by atoms with van der Waals surface area (Å²) in [5.74, 6) is -0.293. The summed E-state index contributed by atoms with van der Waals surface area (Å²) >= 11 is 5.78. The standard InChI is InChI=1S/C15H11ClFN/c1-2-11-3-6-14(17)9-12(11)10-18-15-7-4-13(16)5-8-15/h2-10H,1H2. The van der Waals surface area contributed by atoms with E-state index in [-0.39, 0.29) is 5.82 Å². The van der Waals surface area contributed by atoms with Crippen LogP contribution < -0.4 is 0 Å². The van der Waals surface area contributed by atoms with Crippen LogP contribution in [0.1, 0.15) is 11.1 Å². The van der Waals surface area contributed by atoms with Gasteiger partial charge in [0, 0.05) is 16.8 Å². The Hall–Kier alpha value is -1.93. The van der Waals surface area contributed by atoms with Crippen LogP contribution in [-0.2, 0) is 0 Å². The van der Waals surface area contributed by atoms with Crippen molar-refractivity contribution in [3.8, 4) is 0 Å². The second-order valence-electron chi connectivity index (χ2n) is 3.71. The van der Waals surface area contributed by atoms with Crippen LogP contribution in [0.15, 0.2) is 54.0 Å². The van der Waals surface area contributed by atoms with Crippen LogP contribution in [0.2, 0.25) is 5.02 Å². The molecule has 0 radical (unpaired) electrons. The van der Waals surface area contributed by atoms with Gasteiger partial charge in [-0.25, -0.2) is 4.39 Å². The Bertz CT molecular complexity index is 588. The first-order chi connectivity index (χ1) is 8.69. The first-order valence-corrected chi connectivity index (χ1v) is 5.78. The molecule has 0 spiro atoms. The van der Waals surface area contributed by atoms with Crippen molar-refractivity contribution >= 4 is 29.6 Å². The lowest BCUT2D eigenvalue weighted by Crippen LogP contribution is -1.88. The Labute approximate surface area is 110 Å². The molecule has 0 amide bonds. The highest BCUT2D eigenvalue weighted by atomic mass is 35.5. The van der Waals surface area contributed by atoms with E-state index in [9.17, 15) is 4.39 Å². The molecule has 3 heteroatoms. The van der Waals surface area contributed by atoms with Gasteiger partial charge in [0.15, 0.2) is 0 Å². The lowest BCUT2D eigenvalue weighted by molar-refractivity contribution is 0.627. The fourth-order valence-electron chi connectivity index (χ4n) is 1.51. The molecule has 2 aromatic rings. The minimum absolute atomic E-state index is 0.293. The molecule has 0 aliphatic carbocycles. The van der Waals surface area contributed by atoms with Gasteiger partial charge in [-0.05, 0) is 42.0 Å². The molecule has 0 saturated heterocycles. The summed E-state index contributed by atoms with van der Waals surface area (Å²) in [5.41, 5.74) is 2.30. The zero-order valence-electron chi connectivity index (χ0n) is 9.61. The smallest absolute Gasteiger partial charge is 0.123 e. The monoisotopic (exact) mass is 259 g/mol. The van der Waals surface area contributed by atoms with E-state index in [1.807, 2.05) is 0 Å². The summed E-state index contributed by atoms with van der Waals surface area (Å²) < 4.78 is 13.1. The maximum Gasteiger partial charge on any atom is 0.123 e. The van der Waals surface area contributed by atoms with E-state index < -0.39 is 0 Å². The summed E-state index contributed by atoms with van der Waals surface area (Å²) in [7, 11) is 0. The lowest BCUT2D eigenvalue weighted by atomic mass is 10.1. The van der Waals surface area contributed by atoms with E-state index in [0.29, 0.717) is 10.6 Å². The van der Waals surface area contributed by atoms with Crippen molar-refractivity contribution in [3.63, 3.8) is 0 Å². The predicted molar refractivity (Wildman–Crippen MR) is 75.2 cm³/mol. The normalized spacial score (nSPS) is 10.8. The Morgan fingerprint density at radius 1 is 1.06 bits per heavy atom. The van der Waals surface area contributed by atoms with Crippen LogP contribution in [0.25, 0.3) is 6.08 Å². The van der Waals surface area contributed by atoms with Gasteiger partial charge in [0.25, 0.3) is 0 Å². The Kier molecular flexibility index (Phi) is 3.90. The van der Waals surface area contributed by atoms with E-state index >= 15 is 0 Å². The summed E-state index contributed by atoms with van der Waals surface area (Å²) in [5, 5.41) is 0.659. The molecule has 0 aromatic heterocycles. The first kappa shape index (κ1) is 12.5. The lowest BCUT2D eigenvalue weighted by Gasteiger charge is -2.00. The third-order valence-electron chi connectivity index (χ3n) is 2.45. The van der Waals surface area contributed by atoms with E-state index in [1.165, 1.54) is 12.1 Å². The van der Waals surface area contributed by atoms with Crippen molar-refractivity contribution in [2.75, 3.05) is 0 Å². The molecule has 18 heavy (non-hydrogen) atoms. The van der Waals surface area contributed by atoms with Gasteiger partial charge in [0.05, 0.1) is 5.69 Å². The van der Waals surface area contributed by atoms with E-state index in [2.05, 4.69) is 11.6 Å². The molecule has 0 atom stereocenters. The van der Waals surface area contributed by atoms with Crippen molar-refractivity contribution < 1.29 is 4.39 Å². The van der Waals surface area contributed by atoms with E-state index in [0.717, 1.165) is 11.3 Å². The molecule has 0 unspecified atom stereocenters. The van der Waals surface area contributed by atoms with Gasteiger partial charge in [-0.1, -0.05) is 30.3 Å². The third kappa shape index (κ3) is 3.05. The molecule has 0 aliphatic rings. The number of nitrogens with zero attached hydrogens (tertiary/aromatic N) is 1. The average Bonchev–Trinajstić information content (AvgIpc) is 2.38.